The first-order chi connectivity index (χ1) is 7.68. The maximum absolute atomic E-state index is 6.48. The first-order valence-electron chi connectivity index (χ1n) is 6.22. The van der Waals surface area contributed by atoms with Crippen molar-refractivity contribution in [3.63, 3.8) is 0 Å². The van der Waals surface area contributed by atoms with Crippen LogP contribution in [0.15, 0.2) is 17.5 Å². The molecule has 1 aliphatic heterocycles. The lowest BCUT2D eigenvalue weighted by atomic mass is 9.87. The molecule has 2 nitrogen and oxygen atoms in total. The van der Waals surface area contributed by atoms with Crippen molar-refractivity contribution in [2.45, 2.75) is 44.7 Å². The Bertz CT molecular complexity index is 317. The van der Waals surface area contributed by atoms with Gasteiger partial charge >= 0.3 is 0 Å². The second-order valence-corrected chi connectivity index (χ2v) is 5.88. The minimum atomic E-state index is 0.126. The van der Waals surface area contributed by atoms with Crippen molar-refractivity contribution in [1.29, 1.82) is 0 Å². The average Bonchev–Trinajstić information content (AvgIpc) is 2.98. The molecule has 0 aliphatic carbocycles. The van der Waals surface area contributed by atoms with Gasteiger partial charge in [-0.15, -0.1) is 11.3 Å². The lowest BCUT2D eigenvalue weighted by molar-refractivity contribution is 0.101. The minimum Gasteiger partial charge on any atom is -0.322 e. The predicted octanol–water partition coefficient (Wildman–Crippen LogP) is 3.01. The summed E-state index contributed by atoms with van der Waals surface area (Å²) in [6.45, 7) is 7.00. The Labute approximate surface area is 102 Å². The van der Waals surface area contributed by atoms with Crippen LogP contribution in [-0.4, -0.2) is 23.5 Å². The van der Waals surface area contributed by atoms with Gasteiger partial charge in [-0.05, 0) is 50.7 Å². The molecule has 2 rings (SSSR count). The van der Waals surface area contributed by atoms with Crippen molar-refractivity contribution in [3.8, 4) is 0 Å². The van der Waals surface area contributed by atoms with Gasteiger partial charge in [0.15, 0.2) is 0 Å². The van der Waals surface area contributed by atoms with Crippen LogP contribution in [0.1, 0.15) is 44.0 Å². The molecule has 1 aromatic heterocycles. The van der Waals surface area contributed by atoms with Crippen LogP contribution in [0.5, 0.6) is 0 Å². The van der Waals surface area contributed by atoms with Crippen LogP contribution in [-0.2, 0) is 0 Å². The van der Waals surface area contributed by atoms with Gasteiger partial charge in [0.1, 0.15) is 0 Å². The van der Waals surface area contributed by atoms with Crippen LogP contribution >= 0.6 is 11.3 Å². The summed E-state index contributed by atoms with van der Waals surface area (Å²) in [4.78, 5) is 3.90. The summed E-state index contributed by atoms with van der Waals surface area (Å²) in [5.41, 5.74) is 6.60. The summed E-state index contributed by atoms with van der Waals surface area (Å²) < 4.78 is 0. The SMILES string of the molecule is CCC(C)(C(N)c1cccs1)N1CCCC1. The first-order valence-corrected chi connectivity index (χ1v) is 7.10. The molecule has 0 spiro atoms. The van der Waals surface area contributed by atoms with Crippen molar-refractivity contribution in [3.05, 3.63) is 22.4 Å². The molecule has 3 heteroatoms. The summed E-state index contributed by atoms with van der Waals surface area (Å²) in [6, 6.07) is 4.41. The largest absolute Gasteiger partial charge is 0.322 e. The Balaban J connectivity index is 2.19. The second kappa shape index (κ2) is 4.86. The molecule has 0 amide bonds. The van der Waals surface area contributed by atoms with Crippen molar-refractivity contribution < 1.29 is 0 Å². The highest BCUT2D eigenvalue weighted by Crippen LogP contribution is 2.36. The highest BCUT2D eigenvalue weighted by Gasteiger charge is 2.38. The molecular weight excluding hydrogens is 216 g/mol. The molecule has 0 radical (unpaired) electrons. The monoisotopic (exact) mass is 238 g/mol. The molecule has 1 aliphatic rings. The van der Waals surface area contributed by atoms with Crippen molar-refractivity contribution in [2.75, 3.05) is 13.1 Å². The average molecular weight is 238 g/mol. The highest BCUT2D eigenvalue weighted by molar-refractivity contribution is 7.10. The van der Waals surface area contributed by atoms with Gasteiger partial charge in [-0.2, -0.15) is 0 Å². The zero-order valence-corrected chi connectivity index (χ0v) is 11.1. The van der Waals surface area contributed by atoms with Gasteiger partial charge in [-0.25, -0.2) is 0 Å². The Hall–Kier alpha value is -0.380. The number of thiophene rings is 1. The number of hydrogen-bond donors (Lipinski definition) is 1. The van der Waals surface area contributed by atoms with E-state index in [-0.39, 0.29) is 11.6 Å². The van der Waals surface area contributed by atoms with Crippen LogP contribution in [0.3, 0.4) is 0 Å². The minimum absolute atomic E-state index is 0.126. The normalized spacial score (nSPS) is 23.2. The highest BCUT2D eigenvalue weighted by atomic mass is 32.1. The lowest BCUT2D eigenvalue weighted by Gasteiger charge is -2.42. The summed E-state index contributed by atoms with van der Waals surface area (Å²) in [5, 5.41) is 2.12. The zero-order chi connectivity index (χ0) is 11.6. The number of rotatable bonds is 4. The maximum atomic E-state index is 6.48. The van der Waals surface area contributed by atoms with Gasteiger partial charge < -0.3 is 5.73 Å². The molecule has 2 unspecified atom stereocenters. The zero-order valence-electron chi connectivity index (χ0n) is 10.3. The van der Waals surface area contributed by atoms with E-state index in [0.29, 0.717) is 0 Å². The fourth-order valence-electron chi connectivity index (χ4n) is 2.64. The van der Waals surface area contributed by atoms with Gasteiger partial charge in [-0.1, -0.05) is 13.0 Å². The molecule has 90 valence electrons. The van der Waals surface area contributed by atoms with E-state index in [1.54, 1.807) is 11.3 Å². The van der Waals surface area contributed by atoms with Crippen LogP contribution in [0.2, 0.25) is 0 Å². The maximum Gasteiger partial charge on any atom is 0.0574 e. The Kier molecular flexibility index (Phi) is 3.67. The third-order valence-electron chi connectivity index (χ3n) is 4.06. The number of nitrogens with zero attached hydrogens (tertiary/aromatic N) is 1. The van der Waals surface area contributed by atoms with E-state index in [2.05, 4.69) is 36.3 Å². The Morgan fingerprint density at radius 1 is 1.50 bits per heavy atom. The number of nitrogens with two attached hydrogens (primary N) is 1. The van der Waals surface area contributed by atoms with E-state index in [9.17, 15) is 0 Å². The van der Waals surface area contributed by atoms with E-state index in [0.717, 1.165) is 6.42 Å². The van der Waals surface area contributed by atoms with Crippen LogP contribution < -0.4 is 5.73 Å². The molecule has 2 N–H and O–H groups in total. The van der Waals surface area contributed by atoms with Crippen molar-refractivity contribution in [2.24, 2.45) is 5.73 Å². The Morgan fingerprint density at radius 2 is 2.19 bits per heavy atom. The molecule has 0 aromatic carbocycles. The quantitative estimate of drug-likeness (QED) is 0.873. The van der Waals surface area contributed by atoms with E-state index in [1.807, 2.05) is 0 Å². The fraction of sp³-hybridized carbons (Fsp3) is 0.692. The molecule has 0 saturated carbocycles. The van der Waals surface area contributed by atoms with Crippen LogP contribution in [0.4, 0.5) is 0 Å². The van der Waals surface area contributed by atoms with E-state index < -0.39 is 0 Å². The smallest absolute Gasteiger partial charge is 0.0574 e. The van der Waals surface area contributed by atoms with Crippen molar-refractivity contribution >= 4 is 11.3 Å². The predicted molar refractivity (Wildman–Crippen MR) is 70.8 cm³/mol. The first kappa shape index (κ1) is 12.1. The molecule has 1 fully saturated rings. The topological polar surface area (TPSA) is 29.3 Å². The van der Waals surface area contributed by atoms with Crippen LogP contribution in [0.25, 0.3) is 0 Å². The van der Waals surface area contributed by atoms with Gasteiger partial charge in [0, 0.05) is 10.4 Å². The second-order valence-electron chi connectivity index (χ2n) is 4.90. The molecule has 2 atom stereocenters. The third-order valence-corrected chi connectivity index (χ3v) is 5.02. The van der Waals surface area contributed by atoms with E-state index in [1.165, 1.54) is 30.8 Å². The summed E-state index contributed by atoms with van der Waals surface area (Å²) in [7, 11) is 0. The van der Waals surface area contributed by atoms with Gasteiger partial charge in [0.2, 0.25) is 0 Å². The molecular formula is C13H22N2S. The number of likely N-dealkylation sites (tertiary alicyclic amines) is 1. The molecule has 16 heavy (non-hydrogen) atoms. The van der Waals surface area contributed by atoms with Gasteiger partial charge in [-0.3, -0.25) is 4.90 Å². The molecule has 0 bridgehead atoms. The number of hydrogen-bond acceptors (Lipinski definition) is 3. The summed E-state index contributed by atoms with van der Waals surface area (Å²) in [5.74, 6) is 0. The molecule has 2 heterocycles. The standard InChI is InChI=1S/C13H22N2S/c1-3-13(2,15-8-4-5-9-15)12(14)11-7-6-10-16-11/h6-7,10,12H,3-5,8-9,14H2,1-2H3. The summed E-state index contributed by atoms with van der Waals surface area (Å²) >= 11 is 1.78. The van der Waals surface area contributed by atoms with Gasteiger partial charge in [0.25, 0.3) is 0 Å². The van der Waals surface area contributed by atoms with E-state index in [4.69, 9.17) is 5.73 Å². The Morgan fingerprint density at radius 3 is 2.69 bits per heavy atom. The fourth-order valence-corrected chi connectivity index (χ4v) is 3.51. The van der Waals surface area contributed by atoms with Crippen LogP contribution in [0, 0.1) is 0 Å². The van der Waals surface area contributed by atoms with Gasteiger partial charge in [0.05, 0.1) is 6.04 Å². The van der Waals surface area contributed by atoms with E-state index >= 15 is 0 Å². The third kappa shape index (κ3) is 2.04. The van der Waals surface area contributed by atoms with Crippen molar-refractivity contribution in [1.82, 2.24) is 4.90 Å². The summed E-state index contributed by atoms with van der Waals surface area (Å²) in [6.07, 6.45) is 3.77. The molecule has 1 aromatic rings. The molecule has 1 saturated heterocycles. The lowest BCUT2D eigenvalue weighted by Crippen LogP contribution is -2.51.